The van der Waals surface area contributed by atoms with Crippen molar-refractivity contribution in [2.24, 2.45) is 0 Å². The second kappa shape index (κ2) is 8.09. The van der Waals surface area contributed by atoms with Gasteiger partial charge in [-0.1, -0.05) is 35.9 Å². The first-order valence-corrected chi connectivity index (χ1v) is 9.40. The molecule has 25 heavy (non-hydrogen) atoms. The van der Waals surface area contributed by atoms with Crippen molar-refractivity contribution in [1.82, 2.24) is 10.0 Å². The van der Waals surface area contributed by atoms with Crippen LogP contribution in [0.3, 0.4) is 0 Å². The van der Waals surface area contributed by atoms with Crippen LogP contribution in [-0.4, -0.2) is 20.9 Å². The summed E-state index contributed by atoms with van der Waals surface area (Å²) in [5, 5.41) is 2.91. The van der Waals surface area contributed by atoms with Gasteiger partial charge in [0.25, 0.3) is 5.91 Å². The van der Waals surface area contributed by atoms with Crippen LogP contribution >= 0.6 is 0 Å². The fraction of sp³-hybridized carbons (Fsp3) is 0.211. The summed E-state index contributed by atoms with van der Waals surface area (Å²) in [6, 6.07) is 13.6. The lowest BCUT2D eigenvalue weighted by molar-refractivity contribution is 0.0940. The largest absolute Gasteiger partial charge is 0.346 e. The van der Waals surface area contributed by atoms with Crippen molar-refractivity contribution in [3.63, 3.8) is 0 Å². The molecule has 0 aliphatic carbocycles. The second-order valence-electron chi connectivity index (χ2n) is 5.77. The zero-order valence-electron chi connectivity index (χ0n) is 14.3. The van der Waals surface area contributed by atoms with Crippen molar-refractivity contribution < 1.29 is 13.2 Å². The van der Waals surface area contributed by atoms with E-state index in [4.69, 9.17) is 0 Å². The average Bonchev–Trinajstić information content (AvgIpc) is 2.60. The number of rotatable bonds is 7. The summed E-state index contributed by atoms with van der Waals surface area (Å²) < 4.78 is 26.4. The number of carbonyl (C=O) groups excluding carboxylic acids is 1. The van der Waals surface area contributed by atoms with E-state index in [9.17, 15) is 13.2 Å². The lowest BCUT2D eigenvalue weighted by atomic mass is 10.1. The first-order chi connectivity index (χ1) is 11.8. The SMILES string of the molecule is C=CCNS(=O)(=O)c1ccc(C(=O)NC(C)c2ccc(C)cc2)cc1. The van der Waals surface area contributed by atoms with Gasteiger partial charge in [-0.15, -0.1) is 6.58 Å². The molecule has 2 rings (SSSR count). The maximum Gasteiger partial charge on any atom is 0.251 e. The van der Waals surface area contributed by atoms with Crippen LogP contribution in [0.25, 0.3) is 0 Å². The van der Waals surface area contributed by atoms with Crippen molar-refractivity contribution in [3.8, 4) is 0 Å². The molecule has 0 aliphatic rings. The van der Waals surface area contributed by atoms with Crippen LogP contribution in [0, 0.1) is 6.92 Å². The maximum atomic E-state index is 12.3. The smallest absolute Gasteiger partial charge is 0.251 e. The van der Waals surface area contributed by atoms with Crippen molar-refractivity contribution in [3.05, 3.63) is 77.9 Å². The van der Waals surface area contributed by atoms with Gasteiger partial charge in [0, 0.05) is 12.1 Å². The molecule has 1 atom stereocenters. The van der Waals surface area contributed by atoms with Crippen molar-refractivity contribution in [2.45, 2.75) is 24.8 Å². The van der Waals surface area contributed by atoms with E-state index in [2.05, 4.69) is 16.6 Å². The molecule has 2 aromatic rings. The number of hydrogen-bond donors (Lipinski definition) is 2. The van der Waals surface area contributed by atoms with Crippen molar-refractivity contribution in [2.75, 3.05) is 6.54 Å². The van der Waals surface area contributed by atoms with E-state index in [0.29, 0.717) is 5.56 Å². The van der Waals surface area contributed by atoms with E-state index in [1.54, 1.807) is 0 Å². The monoisotopic (exact) mass is 358 g/mol. The Hall–Kier alpha value is -2.44. The third-order valence-corrected chi connectivity index (χ3v) is 5.21. The minimum Gasteiger partial charge on any atom is -0.346 e. The van der Waals surface area contributed by atoms with Gasteiger partial charge in [0.1, 0.15) is 0 Å². The molecular weight excluding hydrogens is 336 g/mol. The van der Waals surface area contributed by atoms with Gasteiger partial charge in [-0.25, -0.2) is 13.1 Å². The van der Waals surface area contributed by atoms with E-state index in [0.717, 1.165) is 11.1 Å². The highest BCUT2D eigenvalue weighted by atomic mass is 32.2. The van der Waals surface area contributed by atoms with Gasteiger partial charge < -0.3 is 5.32 Å². The van der Waals surface area contributed by atoms with Crippen LogP contribution < -0.4 is 10.0 Å². The lowest BCUT2D eigenvalue weighted by Gasteiger charge is -2.15. The summed E-state index contributed by atoms with van der Waals surface area (Å²) in [4.78, 5) is 12.4. The summed E-state index contributed by atoms with van der Waals surface area (Å²) in [5.74, 6) is -0.254. The quantitative estimate of drug-likeness (QED) is 0.747. The molecule has 0 aromatic heterocycles. The fourth-order valence-electron chi connectivity index (χ4n) is 2.26. The molecule has 1 amide bonds. The number of hydrogen-bond acceptors (Lipinski definition) is 3. The van der Waals surface area contributed by atoms with E-state index < -0.39 is 10.0 Å². The van der Waals surface area contributed by atoms with Crippen LogP contribution in [-0.2, 0) is 10.0 Å². The molecule has 0 saturated heterocycles. The predicted octanol–water partition coefficient (Wildman–Crippen LogP) is 2.95. The topological polar surface area (TPSA) is 75.3 Å². The molecule has 0 bridgehead atoms. The van der Waals surface area contributed by atoms with E-state index in [1.165, 1.54) is 30.3 Å². The van der Waals surface area contributed by atoms with E-state index in [-0.39, 0.29) is 23.4 Å². The van der Waals surface area contributed by atoms with Gasteiger partial charge in [-0.05, 0) is 43.7 Å². The highest BCUT2D eigenvalue weighted by molar-refractivity contribution is 7.89. The number of sulfonamides is 1. The number of nitrogens with one attached hydrogen (secondary N) is 2. The van der Waals surface area contributed by atoms with Gasteiger partial charge in [0.2, 0.25) is 10.0 Å². The summed E-state index contributed by atoms with van der Waals surface area (Å²) in [5.41, 5.74) is 2.57. The number of amides is 1. The van der Waals surface area contributed by atoms with E-state index >= 15 is 0 Å². The van der Waals surface area contributed by atoms with E-state index in [1.807, 2.05) is 38.1 Å². The molecule has 1 unspecified atom stereocenters. The Labute approximate surface area is 148 Å². The Morgan fingerprint density at radius 2 is 1.72 bits per heavy atom. The first-order valence-electron chi connectivity index (χ1n) is 7.91. The van der Waals surface area contributed by atoms with Gasteiger partial charge >= 0.3 is 0 Å². The van der Waals surface area contributed by atoms with Crippen LogP contribution in [0.15, 0.2) is 66.1 Å². The molecule has 5 nitrogen and oxygen atoms in total. The summed E-state index contributed by atoms with van der Waals surface area (Å²) in [6.07, 6.45) is 1.46. The molecule has 0 spiro atoms. The average molecular weight is 358 g/mol. The molecular formula is C19H22N2O3S. The second-order valence-corrected chi connectivity index (χ2v) is 7.54. The van der Waals surface area contributed by atoms with Crippen LogP contribution in [0.5, 0.6) is 0 Å². The van der Waals surface area contributed by atoms with Crippen molar-refractivity contribution in [1.29, 1.82) is 0 Å². The summed E-state index contributed by atoms with van der Waals surface area (Å²) in [7, 11) is -3.59. The van der Waals surface area contributed by atoms with Crippen molar-refractivity contribution >= 4 is 15.9 Å². The highest BCUT2D eigenvalue weighted by Gasteiger charge is 2.15. The molecule has 2 aromatic carbocycles. The van der Waals surface area contributed by atoms with Gasteiger partial charge in [-0.3, -0.25) is 4.79 Å². The fourth-order valence-corrected chi connectivity index (χ4v) is 3.25. The predicted molar refractivity (Wildman–Crippen MR) is 98.9 cm³/mol. The molecule has 0 radical (unpaired) electrons. The van der Waals surface area contributed by atoms with Gasteiger partial charge in [-0.2, -0.15) is 0 Å². The normalized spacial score (nSPS) is 12.4. The maximum absolute atomic E-state index is 12.3. The standard InChI is InChI=1S/C19H22N2O3S/c1-4-13-20-25(23,24)18-11-9-17(10-12-18)19(22)21-15(3)16-7-5-14(2)6-8-16/h4-12,15,20H,1,13H2,2-3H3,(H,21,22). The summed E-state index contributed by atoms with van der Waals surface area (Å²) >= 11 is 0. The van der Waals surface area contributed by atoms with Crippen LogP contribution in [0.1, 0.15) is 34.5 Å². The molecule has 2 N–H and O–H groups in total. The summed E-state index contributed by atoms with van der Waals surface area (Å²) in [6.45, 7) is 7.53. The first kappa shape index (κ1) is 18.9. The number of carbonyl (C=O) groups is 1. The Morgan fingerprint density at radius 3 is 2.28 bits per heavy atom. The molecule has 6 heteroatoms. The molecule has 132 valence electrons. The zero-order chi connectivity index (χ0) is 18.4. The minimum atomic E-state index is -3.59. The highest BCUT2D eigenvalue weighted by Crippen LogP contribution is 2.15. The Bertz CT molecular complexity index is 841. The third-order valence-electron chi connectivity index (χ3n) is 3.77. The third kappa shape index (κ3) is 5.01. The number of aryl methyl sites for hydroxylation is 1. The zero-order valence-corrected chi connectivity index (χ0v) is 15.1. The molecule has 0 saturated carbocycles. The minimum absolute atomic E-state index is 0.109. The van der Waals surface area contributed by atoms with Crippen LogP contribution in [0.4, 0.5) is 0 Å². The Balaban J connectivity index is 2.07. The van der Waals surface area contributed by atoms with Gasteiger partial charge in [0.05, 0.1) is 10.9 Å². The number of benzene rings is 2. The molecule has 0 heterocycles. The Morgan fingerprint density at radius 1 is 1.12 bits per heavy atom. The lowest BCUT2D eigenvalue weighted by Crippen LogP contribution is -2.27. The molecule has 0 fully saturated rings. The van der Waals surface area contributed by atoms with Gasteiger partial charge in [0.15, 0.2) is 0 Å². The molecule has 0 aliphatic heterocycles. The Kier molecular flexibility index (Phi) is 6.12. The van der Waals surface area contributed by atoms with Crippen LogP contribution in [0.2, 0.25) is 0 Å².